The fourth-order valence-corrected chi connectivity index (χ4v) is 2.04. The molecule has 0 spiro atoms. The topological polar surface area (TPSA) is 64.4 Å². The third-order valence-corrected chi connectivity index (χ3v) is 3.25. The molecule has 22 heavy (non-hydrogen) atoms. The van der Waals surface area contributed by atoms with Crippen LogP contribution in [0.3, 0.4) is 0 Å². The Morgan fingerprint density at radius 2 is 1.95 bits per heavy atom. The van der Waals surface area contributed by atoms with Gasteiger partial charge in [-0.1, -0.05) is 30.3 Å². The molecule has 0 unspecified atom stereocenters. The van der Waals surface area contributed by atoms with Crippen LogP contribution in [0.1, 0.15) is 16.1 Å². The van der Waals surface area contributed by atoms with Crippen molar-refractivity contribution in [2.24, 2.45) is 7.05 Å². The quantitative estimate of drug-likeness (QED) is 0.800. The van der Waals surface area contributed by atoms with Crippen molar-refractivity contribution in [2.45, 2.75) is 6.54 Å². The SMILES string of the molecule is COCCN(Cc1ccccc1)C(=O)c1ccc(=O)n(C)n1. The molecule has 6 nitrogen and oxygen atoms in total. The zero-order chi connectivity index (χ0) is 15.9. The molecule has 0 bridgehead atoms. The Morgan fingerprint density at radius 1 is 1.23 bits per heavy atom. The van der Waals surface area contributed by atoms with Crippen LogP contribution >= 0.6 is 0 Å². The number of amides is 1. The van der Waals surface area contributed by atoms with Crippen molar-refractivity contribution in [3.63, 3.8) is 0 Å². The highest BCUT2D eigenvalue weighted by Crippen LogP contribution is 2.08. The number of benzene rings is 1. The summed E-state index contributed by atoms with van der Waals surface area (Å²) in [6.07, 6.45) is 0. The zero-order valence-corrected chi connectivity index (χ0v) is 12.7. The standard InChI is InChI=1S/C16H19N3O3/c1-18-15(20)9-8-14(17-18)16(21)19(10-11-22-2)12-13-6-4-3-5-7-13/h3-9H,10-12H2,1-2H3. The molecular weight excluding hydrogens is 282 g/mol. The second-order valence-electron chi connectivity index (χ2n) is 4.89. The second-order valence-corrected chi connectivity index (χ2v) is 4.89. The molecule has 0 aliphatic heterocycles. The van der Waals surface area contributed by atoms with Gasteiger partial charge in [0, 0.05) is 33.3 Å². The summed E-state index contributed by atoms with van der Waals surface area (Å²) in [5.74, 6) is -0.225. The van der Waals surface area contributed by atoms with Gasteiger partial charge in [-0.15, -0.1) is 0 Å². The summed E-state index contributed by atoms with van der Waals surface area (Å²) in [7, 11) is 3.12. The number of rotatable bonds is 6. The first-order chi connectivity index (χ1) is 10.6. The van der Waals surface area contributed by atoms with E-state index in [4.69, 9.17) is 4.74 Å². The number of aromatic nitrogens is 2. The summed E-state index contributed by atoms with van der Waals surface area (Å²) in [5, 5.41) is 4.02. The van der Waals surface area contributed by atoms with Crippen LogP contribution in [0.5, 0.6) is 0 Å². The molecular formula is C16H19N3O3. The van der Waals surface area contributed by atoms with E-state index in [1.807, 2.05) is 30.3 Å². The molecule has 0 N–H and O–H groups in total. The fraction of sp³-hybridized carbons (Fsp3) is 0.312. The largest absolute Gasteiger partial charge is 0.383 e. The normalized spacial score (nSPS) is 10.5. The minimum Gasteiger partial charge on any atom is -0.383 e. The van der Waals surface area contributed by atoms with E-state index in [0.29, 0.717) is 19.7 Å². The Labute approximate surface area is 128 Å². The van der Waals surface area contributed by atoms with Gasteiger partial charge in [0.05, 0.1) is 6.61 Å². The van der Waals surface area contributed by atoms with E-state index in [1.165, 1.54) is 19.2 Å². The van der Waals surface area contributed by atoms with E-state index >= 15 is 0 Å². The number of hydrogen-bond donors (Lipinski definition) is 0. The van der Waals surface area contributed by atoms with Gasteiger partial charge in [-0.25, -0.2) is 4.68 Å². The molecule has 0 fully saturated rings. The molecule has 116 valence electrons. The Bertz CT molecular complexity index is 683. The van der Waals surface area contributed by atoms with Crippen LogP contribution in [0, 0.1) is 0 Å². The van der Waals surface area contributed by atoms with Crippen molar-refractivity contribution in [2.75, 3.05) is 20.3 Å². The first-order valence-electron chi connectivity index (χ1n) is 6.98. The number of methoxy groups -OCH3 is 1. The highest BCUT2D eigenvalue weighted by Gasteiger charge is 2.18. The smallest absolute Gasteiger partial charge is 0.274 e. The van der Waals surface area contributed by atoms with Crippen molar-refractivity contribution < 1.29 is 9.53 Å². The van der Waals surface area contributed by atoms with E-state index in [2.05, 4.69) is 5.10 Å². The molecule has 0 saturated carbocycles. The molecule has 2 aromatic rings. The fourth-order valence-electron chi connectivity index (χ4n) is 2.04. The van der Waals surface area contributed by atoms with Crippen LogP contribution in [0.2, 0.25) is 0 Å². The molecule has 1 aromatic carbocycles. The molecule has 0 aliphatic rings. The van der Waals surface area contributed by atoms with Crippen molar-refractivity contribution in [1.82, 2.24) is 14.7 Å². The Morgan fingerprint density at radius 3 is 2.59 bits per heavy atom. The van der Waals surface area contributed by atoms with E-state index in [9.17, 15) is 9.59 Å². The van der Waals surface area contributed by atoms with Crippen molar-refractivity contribution in [3.8, 4) is 0 Å². The van der Waals surface area contributed by atoms with Crippen LogP contribution in [-0.4, -0.2) is 40.8 Å². The van der Waals surface area contributed by atoms with Gasteiger partial charge in [-0.05, 0) is 11.6 Å². The third-order valence-electron chi connectivity index (χ3n) is 3.25. The molecule has 0 saturated heterocycles. The predicted octanol–water partition coefficient (Wildman–Crippen LogP) is 1.07. The van der Waals surface area contributed by atoms with Gasteiger partial charge in [0.15, 0.2) is 0 Å². The summed E-state index contributed by atoms with van der Waals surface area (Å²) in [5.41, 5.74) is 1.02. The van der Waals surface area contributed by atoms with E-state index in [1.54, 1.807) is 12.0 Å². The van der Waals surface area contributed by atoms with Crippen LogP contribution in [0.25, 0.3) is 0 Å². The maximum absolute atomic E-state index is 12.6. The van der Waals surface area contributed by atoms with E-state index in [0.717, 1.165) is 10.2 Å². The lowest BCUT2D eigenvalue weighted by atomic mass is 10.2. The first-order valence-corrected chi connectivity index (χ1v) is 6.98. The number of nitrogens with zero attached hydrogens (tertiary/aromatic N) is 3. The number of aryl methyl sites for hydroxylation is 1. The van der Waals surface area contributed by atoms with Crippen molar-refractivity contribution >= 4 is 5.91 Å². The van der Waals surface area contributed by atoms with Gasteiger partial charge < -0.3 is 9.64 Å². The summed E-state index contributed by atoms with van der Waals surface area (Å²) < 4.78 is 6.23. The number of carbonyl (C=O) groups is 1. The van der Waals surface area contributed by atoms with E-state index in [-0.39, 0.29) is 17.2 Å². The highest BCUT2D eigenvalue weighted by atomic mass is 16.5. The van der Waals surface area contributed by atoms with Crippen LogP contribution in [0.4, 0.5) is 0 Å². The van der Waals surface area contributed by atoms with Gasteiger partial charge in [-0.2, -0.15) is 5.10 Å². The maximum atomic E-state index is 12.6. The monoisotopic (exact) mass is 301 g/mol. The van der Waals surface area contributed by atoms with Crippen molar-refractivity contribution in [3.05, 3.63) is 64.1 Å². The molecule has 0 atom stereocenters. The summed E-state index contributed by atoms with van der Waals surface area (Å²) in [4.78, 5) is 25.7. The van der Waals surface area contributed by atoms with Gasteiger partial charge in [0.1, 0.15) is 5.69 Å². The molecule has 1 amide bonds. The predicted molar refractivity (Wildman–Crippen MR) is 82.5 cm³/mol. The minimum absolute atomic E-state index is 0.225. The summed E-state index contributed by atoms with van der Waals surface area (Å²) in [6.45, 7) is 1.35. The minimum atomic E-state index is -0.247. The van der Waals surface area contributed by atoms with Gasteiger partial charge in [0.2, 0.25) is 0 Å². The number of hydrogen-bond acceptors (Lipinski definition) is 4. The average molecular weight is 301 g/mol. The number of ether oxygens (including phenoxy) is 1. The summed E-state index contributed by atoms with van der Waals surface area (Å²) in [6, 6.07) is 12.5. The second kappa shape index (κ2) is 7.51. The third kappa shape index (κ3) is 4.02. The van der Waals surface area contributed by atoms with Gasteiger partial charge >= 0.3 is 0 Å². The molecule has 0 radical (unpaired) electrons. The first kappa shape index (κ1) is 15.9. The zero-order valence-electron chi connectivity index (χ0n) is 12.7. The molecule has 1 heterocycles. The van der Waals surface area contributed by atoms with Crippen molar-refractivity contribution in [1.29, 1.82) is 0 Å². The van der Waals surface area contributed by atoms with Crippen LogP contribution in [-0.2, 0) is 18.3 Å². The van der Waals surface area contributed by atoms with Crippen LogP contribution < -0.4 is 5.56 Å². The lowest BCUT2D eigenvalue weighted by Crippen LogP contribution is -2.35. The Kier molecular flexibility index (Phi) is 5.43. The lowest BCUT2D eigenvalue weighted by Gasteiger charge is -2.22. The molecule has 6 heteroatoms. The maximum Gasteiger partial charge on any atom is 0.274 e. The Hall–Kier alpha value is -2.47. The molecule has 0 aliphatic carbocycles. The molecule has 1 aromatic heterocycles. The van der Waals surface area contributed by atoms with E-state index < -0.39 is 0 Å². The van der Waals surface area contributed by atoms with Gasteiger partial charge in [0.25, 0.3) is 11.5 Å². The average Bonchev–Trinajstić information content (AvgIpc) is 2.54. The lowest BCUT2D eigenvalue weighted by molar-refractivity contribution is 0.0672. The Balaban J connectivity index is 2.21. The number of carbonyl (C=O) groups excluding carboxylic acids is 1. The summed E-state index contributed by atoms with van der Waals surface area (Å²) >= 11 is 0. The highest BCUT2D eigenvalue weighted by molar-refractivity contribution is 5.92. The molecule has 2 rings (SSSR count). The van der Waals surface area contributed by atoms with Crippen LogP contribution in [0.15, 0.2) is 47.3 Å². The van der Waals surface area contributed by atoms with Gasteiger partial charge in [-0.3, -0.25) is 9.59 Å².